The summed E-state index contributed by atoms with van der Waals surface area (Å²) in [4.78, 5) is 4.94. The van der Waals surface area contributed by atoms with E-state index in [0.29, 0.717) is 33.0 Å². The first-order valence-corrected chi connectivity index (χ1v) is 3.94. The van der Waals surface area contributed by atoms with Gasteiger partial charge in [-0.15, -0.1) is 0 Å². The van der Waals surface area contributed by atoms with Crippen LogP contribution in [0.25, 0.3) is 0 Å². The molecule has 0 saturated heterocycles. The van der Waals surface area contributed by atoms with Crippen molar-refractivity contribution in [2.24, 2.45) is 0 Å². The van der Waals surface area contributed by atoms with E-state index in [-0.39, 0.29) is 6.61 Å². The molecule has 0 heterocycles. The molecule has 0 radical (unpaired) electrons. The van der Waals surface area contributed by atoms with E-state index in [2.05, 4.69) is 5.48 Å². The van der Waals surface area contributed by atoms with Gasteiger partial charge in [-0.25, -0.2) is 5.48 Å². The molecule has 0 fully saturated rings. The molecule has 0 amide bonds. The Morgan fingerprint density at radius 1 is 1.17 bits per heavy atom. The van der Waals surface area contributed by atoms with Gasteiger partial charge in [0.1, 0.15) is 0 Å². The predicted octanol–water partition coefficient (Wildman–Crippen LogP) is -0.837. The van der Waals surface area contributed by atoms with E-state index in [4.69, 9.17) is 19.4 Å². The second-order valence-electron chi connectivity index (χ2n) is 2.07. The molecule has 0 saturated carbocycles. The predicted molar refractivity (Wildman–Crippen MR) is 43.7 cm³/mol. The fourth-order valence-corrected chi connectivity index (χ4v) is 0.550. The van der Waals surface area contributed by atoms with Crippen LogP contribution in [0.4, 0.5) is 0 Å². The molecule has 0 aliphatic heterocycles. The zero-order chi connectivity index (χ0) is 9.07. The molecule has 0 aromatic rings. The zero-order valence-electron chi connectivity index (χ0n) is 7.41. The summed E-state index contributed by atoms with van der Waals surface area (Å²) < 4.78 is 9.72. The van der Waals surface area contributed by atoms with Gasteiger partial charge >= 0.3 is 0 Å². The van der Waals surface area contributed by atoms with Crippen molar-refractivity contribution in [1.29, 1.82) is 0 Å². The van der Waals surface area contributed by atoms with Crippen LogP contribution < -0.4 is 5.48 Å². The third-order valence-electron chi connectivity index (χ3n) is 1.08. The SMILES string of the molecule is COCCONCCOCCO. The zero-order valence-corrected chi connectivity index (χ0v) is 7.41. The van der Waals surface area contributed by atoms with Crippen LogP contribution in [-0.4, -0.2) is 51.8 Å². The Bertz CT molecular complexity index is 71.8. The van der Waals surface area contributed by atoms with Crippen LogP contribution in [0, 0.1) is 0 Å². The molecule has 12 heavy (non-hydrogen) atoms. The maximum Gasteiger partial charge on any atom is 0.0915 e. The Balaban J connectivity index is 2.73. The van der Waals surface area contributed by atoms with E-state index < -0.39 is 0 Å². The number of nitrogens with one attached hydrogen (secondary N) is 1. The van der Waals surface area contributed by atoms with Crippen molar-refractivity contribution >= 4 is 0 Å². The Labute approximate surface area is 72.6 Å². The van der Waals surface area contributed by atoms with Crippen LogP contribution in [0.1, 0.15) is 0 Å². The number of rotatable bonds is 9. The fraction of sp³-hybridized carbons (Fsp3) is 1.00. The Hall–Kier alpha value is -0.200. The second-order valence-corrected chi connectivity index (χ2v) is 2.07. The first-order valence-electron chi connectivity index (χ1n) is 3.94. The van der Waals surface area contributed by atoms with Crippen molar-refractivity contribution in [3.63, 3.8) is 0 Å². The molecular weight excluding hydrogens is 162 g/mol. The Morgan fingerprint density at radius 3 is 2.67 bits per heavy atom. The quantitative estimate of drug-likeness (QED) is 0.357. The fourth-order valence-electron chi connectivity index (χ4n) is 0.550. The van der Waals surface area contributed by atoms with Gasteiger partial charge in [0.05, 0.1) is 33.0 Å². The van der Waals surface area contributed by atoms with E-state index in [1.807, 2.05) is 0 Å². The van der Waals surface area contributed by atoms with Gasteiger partial charge in [-0.3, -0.25) is 4.84 Å². The van der Waals surface area contributed by atoms with Crippen LogP contribution in [0.3, 0.4) is 0 Å². The average molecular weight is 179 g/mol. The highest BCUT2D eigenvalue weighted by molar-refractivity contribution is 4.33. The van der Waals surface area contributed by atoms with Gasteiger partial charge in [-0.05, 0) is 0 Å². The van der Waals surface area contributed by atoms with Gasteiger partial charge in [0.25, 0.3) is 0 Å². The molecule has 0 aliphatic carbocycles. The summed E-state index contributed by atoms with van der Waals surface area (Å²) in [5, 5.41) is 8.35. The normalized spacial score (nSPS) is 10.5. The molecule has 5 nitrogen and oxygen atoms in total. The van der Waals surface area contributed by atoms with Crippen molar-refractivity contribution in [2.45, 2.75) is 0 Å². The highest BCUT2D eigenvalue weighted by Crippen LogP contribution is 1.73. The summed E-state index contributed by atoms with van der Waals surface area (Å²) in [7, 11) is 1.62. The second kappa shape index (κ2) is 10.8. The summed E-state index contributed by atoms with van der Waals surface area (Å²) in [6.45, 7) is 2.68. The van der Waals surface area contributed by atoms with E-state index in [0.717, 1.165) is 0 Å². The molecular formula is C7H17NO4. The van der Waals surface area contributed by atoms with Gasteiger partial charge in [0, 0.05) is 13.7 Å². The highest BCUT2D eigenvalue weighted by atomic mass is 16.7. The van der Waals surface area contributed by atoms with Gasteiger partial charge in [0.2, 0.25) is 0 Å². The topological polar surface area (TPSA) is 60.0 Å². The molecule has 0 atom stereocenters. The van der Waals surface area contributed by atoms with Crippen LogP contribution in [0.5, 0.6) is 0 Å². The molecule has 0 aromatic heterocycles. The third kappa shape index (κ3) is 9.80. The molecule has 5 heteroatoms. The largest absolute Gasteiger partial charge is 0.394 e. The van der Waals surface area contributed by atoms with E-state index in [9.17, 15) is 0 Å². The first-order chi connectivity index (χ1) is 5.91. The number of hydrogen-bond donors (Lipinski definition) is 2. The third-order valence-corrected chi connectivity index (χ3v) is 1.08. The minimum Gasteiger partial charge on any atom is -0.394 e. The van der Waals surface area contributed by atoms with Crippen molar-refractivity contribution in [3.8, 4) is 0 Å². The number of aliphatic hydroxyl groups is 1. The number of methoxy groups -OCH3 is 1. The van der Waals surface area contributed by atoms with Crippen molar-refractivity contribution in [3.05, 3.63) is 0 Å². The van der Waals surface area contributed by atoms with Crippen LogP contribution in [0.15, 0.2) is 0 Å². The molecule has 74 valence electrons. The standard InChI is InChI=1S/C7H17NO4/c1-10-6-7-12-8-2-4-11-5-3-9/h8-9H,2-7H2,1H3. The molecule has 0 unspecified atom stereocenters. The van der Waals surface area contributed by atoms with Gasteiger partial charge in [-0.2, -0.15) is 0 Å². The van der Waals surface area contributed by atoms with Crippen molar-refractivity contribution in [1.82, 2.24) is 5.48 Å². The molecule has 2 N–H and O–H groups in total. The van der Waals surface area contributed by atoms with Crippen LogP contribution in [-0.2, 0) is 14.3 Å². The van der Waals surface area contributed by atoms with E-state index >= 15 is 0 Å². The lowest BCUT2D eigenvalue weighted by molar-refractivity contribution is -0.00796. The lowest BCUT2D eigenvalue weighted by atomic mass is 10.7. The number of aliphatic hydroxyl groups excluding tert-OH is 1. The van der Waals surface area contributed by atoms with Crippen molar-refractivity contribution < 1.29 is 19.4 Å². The number of ether oxygens (including phenoxy) is 2. The Kier molecular flexibility index (Phi) is 10.6. The molecule has 0 spiro atoms. The van der Waals surface area contributed by atoms with E-state index in [1.165, 1.54) is 0 Å². The monoisotopic (exact) mass is 179 g/mol. The lowest BCUT2D eigenvalue weighted by Crippen LogP contribution is -2.22. The summed E-state index contributed by atoms with van der Waals surface area (Å²) in [6, 6.07) is 0. The maximum absolute atomic E-state index is 8.35. The minimum atomic E-state index is 0.0601. The summed E-state index contributed by atoms with van der Waals surface area (Å²) in [6.07, 6.45) is 0. The van der Waals surface area contributed by atoms with E-state index in [1.54, 1.807) is 7.11 Å². The molecule has 0 bridgehead atoms. The molecule has 0 aliphatic rings. The summed E-state index contributed by atoms with van der Waals surface area (Å²) in [5.41, 5.74) is 2.69. The molecule has 0 aromatic carbocycles. The average Bonchev–Trinajstić information content (AvgIpc) is 2.10. The highest BCUT2D eigenvalue weighted by Gasteiger charge is 1.87. The summed E-state index contributed by atoms with van der Waals surface area (Å²) >= 11 is 0. The Morgan fingerprint density at radius 2 is 2.00 bits per heavy atom. The summed E-state index contributed by atoms with van der Waals surface area (Å²) in [5.74, 6) is 0. The van der Waals surface area contributed by atoms with Gasteiger partial charge in [0.15, 0.2) is 0 Å². The number of hydrogen-bond acceptors (Lipinski definition) is 5. The van der Waals surface area contributed by atoms with Crippen LogP contribution >= 0.6 is 0 Å². The lowest BCUT2D eigenvalue weighted by Gasteiger charge is -2.05. The molecule has 0 rings (SSSR count). The van der Waals surface area contributed by atoms with Crippen molar-refractivity contribution in [2.75, 3.05) is 46.7 Å². The minimum absolute atomic E-state index is 0.0601. The number of hydroxylamine groups is 1. The first kappa shape index (κ1) is 11.8. The maximum atomic E-state index is 8.35. The van der Waals surface area contributed by atoms with Gasteiger partial charge in [-0.1, -0.05) is 0 Å². The van der Waals surface area contributed by atoms with Gasteiger partial charge < -0.3 is 14.6 Å². The smallest absolute Gasteiger partial charge is 0.0915 e. The van der Waals surface area contributed by atoms with Crippen LogP contribution in [0.2, 0.25) is 0 Å².